The number of methoxy groups -OCH3 is 2. The molecule has 0 spiro atoms. The molecule has 3 rings (SSSR count). The van der Waals surface area contributed by atoms with Gasteiger partial charge in [0.15, 0.2) is 0 Å². The average Bonchev–Trinajstić information content (AvgIpc) is 2.94. The first-order chi connectivity index (χ1) is 19.3. The van der Waals surface area contributed by atoms with E-state index in [9.17, 15) is 9.59 Å². The van der Waals surface area contributed by atoms with Crippen LogP contribution in [0.1, 0.15) is 63.9 Å². The Morgan fingerprint density at radius 2 is 1.34 bits per heavy atom. The lowest BCUT2D eigenvalue weighted by Crippen LogP contribution is -2.26. The van der Waals surface area contributed by atoms with Gasteiger partial charge >= 0.3 is 11.9 Å². The highest BCUT2D eigenvalue weighted by molar-refractivity contribution is 5.66. The number of esters is 2. The molecule has 0 saturated carbocycles. The number of aryl methyl sites for hydroxylation is 2. The highest BCUT2D eigenvalue weighted by atomic mass is 16.5. The summed E-state index contributed by atoms with van der Waals surface area (Å²) in [5, 5.41) is 15.8. The van der Waals surface area contributed by atoms with Gasteiger partial charge in [-0.1, -0.05) is 33.8 Å². The van der Waals surface area contributed by atoms with Crippen molar-refractivity contribution in [1.29, 1.82) is 0 Å². The Hall–Kier alpha value is -4.28. The van der Waals surface area contributed by atoms with E-state index in [-0.39, 0.29) is 22.8 Å². The zero-order chi connectivity index (χ0) is 30.6. The van der Waals surface area contributed by atoms with Crippen LogP contribution in [0.3, 0.4) is 0 Å². The first-order valence-corrected chi connectivity index (χ1v) is 13.2. The van der Waals surface area contributed by atoms with E-state index < -0.39 is 0 Å². The van der Waals surface area contributed by atoms with Gasteiger partial charge in [0.05, 0.1) is 32.3 Å². The molecule has 222 valence electrons. The maximum Gasteiger partial charge on any atom is 0.302 e. The summed E-state index contributed by atoms with van der Waals surface area (Å²) in [5.41, 5.74) is 8.75. The van der Waals surface area contributed by atoms with E-state index in [4.69, 9.17) is 24.7 Å². The average molecular weight is 568 g/mol. The fraction of sp³-hybridized carbons (Fsp3) is 0.467. The number of nitrogen functional groups attached to an aromatic ring is 1. The van der Waals surface area contributed by atoms with E-state index in [0.717, 1.165) is 46.7 Å². The van der Waals surface area contributed by atoms with Gasteiger partial charge in [-0.2, -0.15) is 15.3 Å². The second kappa shape index (κ2) is 14.9. The lowest BCUT2D eigenvalue weighted by molar-refractivity contribution is -0.143. The van der Waals surface area contributed by atoms with Crippen LogP contribution in [0.4, 0.5) is 5.82 Å². The van der Waals surface area contributed by atoms with E-state index in [1.165, 1.54) is 13.8 Å². The summed E-state index contributed by atoms with van der Waals surface area (Å²) >= 11 is 0. The molecule has 2 aromatic heterocycles. The Morgan fingerprint density at radius 1 is 0.780 bits per heavy atom. The zero-order valence-corrected chi connectivity index (χ0v) is 25.2. The summed E-state index contributed by atoms with van der Waals surface area (Å²) in [4.78, 5) is 21.8. The maximum atomic E-state index is 11.1. The highest BCUT2D eigenvalue weighted by Crippen LogP contribution is 2.27. The molecule has 2 N–H and O–H groups in total. The third-order valence-electron chi connectivity index (χ3n) is 6.36. The quantitative estimate of drug-likeness (QED) is 0.335. The molecular weight excluding hydrogens is 526 g/mol. The zero-order valence-electron chi connectivity index (χ0n) is 25.2. The predicted molar refractivity (Wildman–Crippen MR) is 155 cm³/mol. The minimum absolute atomic E-state index is 0.285. The van der Waals surface area contributed by atoms with Gasteiger partial charge in [-0.25, -0.2) is 0 Å². The standard InChI is InChI=1S/C20H26N2O4.C10H15N3O2/c1-14(23)26-13-20(2,3)16-10-17(22-21-12-16)8-6-15-7-9-18(24-4)11-19(15)25-5;1-7(14)15-6-10(2,3)8-4-9(11)13-12-5-8/h7,9-12H,6,8,13H2,1-5H3;4-5H,6H2,1-3H3,(H2,11,13). The number of nitrogens with two attached hydrogens (primary N) is 1. The SMILES string of the molecule is CC(=O)OCC(C)(C)c1cnnc(N)c1.COc1ccc(CCc2cc(C(C)(C)COC(C)=O)cnn2)c(OC)c1. The molecule has 0 atom stereocenters. The van der Waals surface area contributed by atoms with Crippen molar-refractivity contribution >= 4 is 17.8 Å². The lowest BCUT2D eigenvalue weighted by Gasteiger charge is -2.24. The number of carbonyl (C=O) groups excluding carboxylic acids is 2. The third kappa shape index (κ3) is 10.7. The Balaban J connectivity index is 0.000000333. The van der Waals surface area contributed by atoms with Crippen molar-refractivity contribution in [1.82, 2.24) is 20.4 Å². The maximum absolute atomic E-state index is 11.1. The largest absolute Gasteiger partial charge is 0.497 e. The molecule has 2 heterocycles. The minimum Gasteiger partial charge on any atom is -0.497 e. The summed E-state index contributed by atoms with van der Waals surface area (Å²) in [6.07, 6.45) is 4.85. The van der Waals surface area contributed by atoms with Gasteiger partial charge in [-0.3, -0.25) is 9.59 Å². The van der Waals surface area contributed by atoms with Crippen LogP contribution in [0.15, 0.2) is 42.7 Å². The summed E-state index contributed by atoms with van der Waals surface area (Å²) in [5.74, 6) is 1.34. The van der Waals surface area contributed by atoms with E-state index in [2.05, 4.69) is 20.4 Å². The monoisotopic (exact) mass is 567 g/mol. The van der Waals surface area contributed by atoms with Gasteiger partial charge in [0.1, 0.15) is 30.5 Å². The molecule has 0 aliphatic carbocycles. The van der Waals surface area contributed by atoms with Crippen molar-refractivity contribution in [2.45, 2.75) is 65.2 Å². The van der Waals surface area contributed by atoms with Crippen molar-refractivity contribution in [3.05, 3.63) is 65.1 Å². The normalized spacial score (nSPS) is 11.1. The molecule has 0 fully saturated rings. The molecule has 0 radical (unpaired) electrons. The van der Waals surface area contributed by atoms with Gasteiger partial charge in [-0.05, 0) is 47.7 Å². The Bertz CT molecular complexity index is 1310. The first-order valence-electron chi connectivity index (χ1n) is 13.2. The van der Waals surface area contributed by atoms with E-state index in [0.29, 0.717) is 19.0 Å². The molecule has 1 aromatic carbocycles. The molecule has 0 saturated heterocycles. The molecule has 0 amide bonds. The van der Waals surface area contributed by atoms with Crippen LogP contribution in [-0.2, 0) is 42.7 Å². The lowest BCUT2D eigenvalue weighted by atomic mass is 9.86. The Kier molecular flexibility index (Phi) is 12.0. The molecule has 41 heavy (non-hydrogen) atoms. The molecule has 0 unspecified atom stereocenters. The molecule has 0 bridgehead atoms. The number of nitrogens with zero attached hydrogens (tertiary/aromatic N) is 4. The topological polar surface area (TPSA) is 149 Å². The van der Waals surface area contributed by atoms with E-state index >= 15 is 0 Å². The Labute approximate surface area is 241 Å². The second-order valence-corrected chi connectivity index (χ2v) is 10.8. The number of rotatable bonds is 11. The number of hydrogen-bond donors (Lipinski definition) is 1. The van der Waals surface area contributed by atoms with Crippen LogP contribution in [-0.4, -0.2) is 59.8 Å². The fourth-order valence-corrected chi connectivity index (χ4v) is 3.71. The molecule has 11 heteroatoms. The molecule has 0 aliphatic heterocycles. The number of aromatic nitrogens is 4. The third-order valence-corrected chi connectivity index (χ3v) is 6.36. The van der Waals surface area contributed by atoms with Gasteiger partial charge in [0.2, 0.25) is 0 Å². The Morgan fingerprint density at radius 3 is 1.85 bits per heavy atom. The van der Waals surface area contributed by atoms with Crippen LogP contribution in [0, 0.1) is 0 Å². The highest BCUT2D eigenvalue weighted by Gasteiger charge is 2.24. The number of ether oxygens (including phenoxy) is 4. The number of benzene rings is 1. The van der Waals surface area contributed by atoms with Crippen LogP contribution in [0.5, 0.6) is 11.5 Å². The number of hydrogen-bond acceptors (Lipinski definition) is 11. The summed E-state index contributed by atoms with van der Waals surface area (Å²) < 4.78 is 20.8. The molecule has 3 aromatic rings. The fourth-order valence-electron chi connectivity index (χ4n) is 3.71. The summed E-state index contributed by atoms with van der Waals surface area (Å²) in [6, 6.07) is 9.55. The summed E-state index contributed by atoms with van der Waals surface area (Å²) in [7, 11) is 3.28. The first kappa shape index (κ1) is 32.9. The smallest absolute Gasteiger partial charge is 0.302 e. The van der Waals surface area contributed by atoms with Crippen LogP contribution in [0.25, 0.3) is 0 Å². The minimum atomic E-state index is -0.325. The van der Waals surface area contributed by atoms with Crippen molar-refractivity contribution in [2.75, 3.05) is 33.2 Å². The van der Waals surface area contributed by atoms with Gasteiger partial charge in [-0.15, -0.1) is 5.10 Å². The summed E-state index contributed by atoms with van der Waals surface area (Å²) in [6.45, 7) is 11.3. The van der Waals surface area contributed by atoms with Crippen molar-refractivity contribution in [3.63, 3.8) is 0 Å². The molecule has 0 aliphatic rings. The van der Waals surface area contributed by atoms with Crippen LogP contribution < -0.4 is 15.2 Å². The van der Waals surface area contributed by atoms with Crippen molar-refractivity contribution < 1.29 is 28.5 Å². The van der Waals surface area contributed by atoms with Crippen LogP contribution >= 0.6 is 0 Å². The van der Waals surface area contributed by atoms with Crippen LogP contribution in [0.2, 0.25) is 0 Å². The number of anilines is 1. The van der Waals surface area contributed by atoms with Crippen molar-refractivity contribution in [3.8, 4) is 11.5 Å². The molecule has 11 nitrogen and oxygen atoms in total. The van der Waals surface area contributed by atoms with E-state index in [1.807, 2.05) is 52.0 Å². The van der Waals surface area contributed by atoms with E-state index in [1.54, 1.807) is 32.7 Å². The van der Waals surface area contributed by atoms with Gasteiger partial charge < -0.3 is 24.7 Å². The molecular formula is C30H41N5O6. The van der Waals surface area contributed by atoms with Gasteiger partial charge in [0.25, 0.3) is 0 Å². The van der Waals surface area contributed by atoms with Gasteiger partial charge in [0, 0.05) is 30.7 Å². The number of carbonyl (C=O) groups is 2. The predicted octanol–water partition coefficient (Wildman–Crippen LogP) is 4.02. The van der Waals surface area contributed by atoms with Crippen molar-refractivity contribution in [2.24, 2.45) is 0 Å². The second-order valence-electron chi connectivity index (χ2n) is 10.8.